The quantitative estimate of drug-likeness (QED) is 0.913. The van der Waals surface area contributed by atoms with Crippen molar-refractivity contribution in [2.24, 2.45) is 0 Å². The van der Waals surface area contributed by atoms with Crippen LogP contribution in [0.2, 0.25) is 5.02 Å². The second-order valence-corrected chi connectivity index (χ2v) is 5.21. The molecule has 1 unspecified atom stereocenters. The van der Waals surface area contributed by atoms with E-state index in [0.29, 0.717) is 11.4 Å². The van der Waals surface area contributed by atoms with Crippen LogP contribution < -0.4 is 5.32 Å². The predicted octanol–water partition coefficient (Wildman–Crippen LogP) is 3.69. The van der Waals surface area contributed by atoms with Gasteiger partial charge in [0.25, 0.3) is 0 Å². The van der Waals surface area contributed by atoms with Crippen molar-refractivity contribution in [3.8, 4) is 0 Å². The van der Waals surface area contributed by atoms with Crippen molar-refractivity contribution in [1.29, 1.82) is 0 Å². The van der Waals surface area contributed by atoms with Crippen LogP contribution in [0, 0.1) is 0 Å². The molecule has 0 aliphatic heterocycles. The molecule has 0 radical (unpaired) electrons. The number of anilines is 1. The van der Waals surface area contributed by atoms with Crippen molar-refractivity contribution in [1.82, 2.24) is 9.78 Å². The van der Waals surface area contributed by atoms with Gasteiger partial charge in [0.05, 0.1) is 18.7 Å². The summed E-state index contributed by atoms with van der Waals surface area (Å²) in [5.41, 5.74) is 0.932. The largest absolute Gasteiger partial charge is 0.311 e. The summed E-state index contributed by atoms with van der Waals surface area (Å²) in [5.74, 6) is 0.677. The molecule has 5 heteroatoms. The summed E-state index contributed by atoms with van der Waals surface area (Å²) in [4.78, 5) is 12.0. The molecule has 1 atom stereocenters. The van der Waals surface area contributed by atoms with Crippen LogP contribution in [0.4, 0.5) is 5.82 Å². The number of rotatable bonds is 5. The fourth-order valence-corrected chi connectivity index (χ4v) is 2.04. The number of halogens is 1. The number of carbonyl (C=O) groups excluding carboxylic acids is 1. The maximum atomic E-state index is 12.0. The van der Waals surface area contributed by atoms with Gasteiger partial charge in [-0.05, 0) is 31.0 Å². The third-order valence-corrected chi connectivity index (χ3v) is 3.48. The normalized spacial score (nSPS) is 12.2. The summed E-state index contributed by atoms with van der Waals surface area (Å²) in [6.07, 6.45) is 2.98. The van der Waals surface area contributed by atoms with Crippen molar-refractivity contribution in [2.75, 3.05) is 5.32 Å². The number of nitrogens with one attached hydrogen (secondary N) is 1. The molecule has 1 N–H and O–H groups in total. The molecule has 2 aromatic rings. The molecular formula is C15H18ClN3O. The average molecular weight is 292 g/mol. The summed E-state index contributed by atoms with van der Waals surface area (Å²) in [7, 11) is 0. The maximum absolute atomic E-state index is 12.0. The zero-order chi connectivity index (χ0) is 14.5. The van der Waals surface area contributed by atoms with Gasteiger partial charge in [0, 0.05) is 11.1 Å². The Bertz CT molecular complexity index is 577. The van der Waals surface area contributed by atoms with E-state index in [1.54, 1.807) is 18.3 Å². The number of benzene rings is 1. The highest BCUT2D eigenvalue weighted by Crippen LogP contribution is 2.17. The first-order valence-corrected chi connectivity index (χ1v) is 7.05. The molecule has 0 spiro atoms. The molecule has 1 heterocycles. The molecule has 4 nitrogen and oxygen atoms in total. The fraction of sp³-hybridized carbons (Fsp3) is 0.333. The Balaban J connectivity index is 2.01. The van der Waals surface area contributed by atoms with Gasteiger partial charge in [-0.2, -0.15) is 5.10 Å². The predicted molar refractivity (Wildman–Crippen MR) is 81.0 cm³/mol. The van der Waals surface area contributed by atoms with Crippen molar-refractivity contribution < 1.29 is 4.79 Å². The molecule has 0 bridgehead atoms. The lowest BCUT2D eigenvalue weighted by Gasteiger charge is -2.14. The minimum atomic E-state index is -0.0580. The zero-order valence-corrected chi connectivity index (χ0v) is 12.4. The number of hydrogen-bond acceptors (Lipinski definition) is 2. The van der Waals surface area contributed by atoms with E-state index in [4.69, 9.17) is 11.6 Å². The van der Waals surface area contributed by atoms with Crippen molar-refractivity contribution in [2.45, 2.75) is 32.7 Å². The molecule has 0 saturated carbocycles. The minimum absolute atomic E-state index is 0.0580. The van der Waals surface area contributed by atoms with E-state index in [0.717, 1.165) is 17.8 Å². The lowest BCUT2D eigenvalue weighted by Crippen LogP contribution is -2.18. The molecule has 0 aliphatic rings. The Labute approximate surface area is 123 Å². The van der Waals surface area contributed by atoms with Crippen LogP contribution in [0.5, 0.6) is 0 Å². The van der Waals surface area contributed by atoms with E-state index in [-0.39, 0.29) is 11.9 Å². The number of aromatic nitrogens is 2. The fourth-order valence-electron chi connectivity index (χ4n) is 1.91. The molecule has 106 valence electrons. The highest BCUT2D eigenvalue weighted by Gasteiger charge is 2.11. The van der Waals surface area contributed by atoms with E-state index in [1.165, 1.54) is 0 Å². The number of hydrogen-bond donors (Lipinski definition) is 1. The van der Waals surface area contributed by atoms with Crippen LogP contribution in [0.25, 0.3) is 0 Å². The SMILES string of the molecule is CCC(C)n1nccc1NC(=O)Cc1ccc(Cl)cc1. The molecular weight excluding hydrogens is 274 g/mol. The lowest BCUT2D eigenvalue weighted by atomic mass is 10.1. The maximum Gasteiger partial charge on any atom is 0.229 e. The second-order valence-electron chi connectivity index (χ2n) is 4.77. The lowest BCUT2D eigenvalue weighted by molar-refractivity contribution is -0.115. The van der Waals surface area contributed by atoms with Gasteiger partial charge < -0.3 is 5.32 Å². The molecule has 0 fully saturated rings. The van der Waals surface area contributed by atoms with E-state index in [2.05, 4.69) is 24.3 Å². The Morgan fingerprint density at radius 2 is 2.05 bits per heavy atom. The monoisotopic (exact) mass is 291 g/mol. The highest BCUT2D eigenvalue weighted by atomic mass is 35.5. The van der Waals surface area contributed by atoms with Crippen LogP contribution in [-0.4, -0.2) is 15.7 Å². The van der Waals surface area contributed by atoms with E-state index in [9.17, 15) is 4.79 Å². The van der Waals surface area contributed by atoms with Crippen LogP contribution in [0.15, 0.2) is 36.5 Å². The highest BCUT2D eigenvalue weighted by molar-refractivity contribution is 6.30. The molecule has 2 rings (SSSR count). The van der Waals surface area contributed by atoms with Gasteiger partial charge in [-0.25, -0.2) is 4.68 Å². The Morgan fingerprint density at radius 3 is 2.70 bits per heavy atom. The number of nitrogens with zero attached hydrogens (tertiary/aromatic N) is 2. The van der Waals surface area contributed by atoms with Gasteiger partial charge in [0.15, 0.2) is 0 Å². The van der Waals surface area contributed by atoms with Crippen molar-refractivity contribution >= 4 is 23.3 Å². The van der Waals surface area contributed by atoms with Gasteiger partial charge in [0.2, 0.25) is 5.91 Å². The van der Waals surface area contributed by atoms with Crippen LogP contribution in [0.1, 0.15) is 31.9 Å². The summed E-state index contributed by atoms with van der Waals surface area (Å²) in [5, 5.41) is 7.81. The number of carbonyl (C=O) groups is 1. The van der Waals surface area contributed by atoms with Crippen molar-refractivity contribution in [3.63, 3.8) is 0 Å². The first kappa shape index (κ1) is 14.6. The Morgan fingerprint density at radius 1 is 1.35 bits per heavy atom. The summed E-state index contributed by atoms with van der Waals surface area (Å²) >= 11 is 5.82. The van der Waals surface area contributed by atoms with Crippen LogP contribution >= 0.6 is 11.6 Å². The standard InChI is InChI=1S/C15H18ClN3O/c1-3-11(2)19-14(8-9-17-19)18-15(20)10-12-4-6-13(16)7-5-12/h4-9,11H,3,10H2,1-2H3,(H,18,20). The Hall–Kier alpha value is -1.81. The van der Waals surface area contributed by atoms with Crippen LogP contribution in [-0.2, 0) is 11.2 Å². The van der Waals surface area contributed by atoms with Gasteiger partial charge in [-0.15, -0.1) is 0 Å². The first-order valence-electron chi connectivity index (χ1n) is 6.68. The van der Waals surface area contributed by atoms with E-state index in [1.807, 2.05) is 22.9 Å². The summed E-state index contributed by atoms with van der Waals surface area (Å²) < 4.78 is 1.83. The minimum Gasteiger partial charge on any atom is -0.311 e. The van der Waals surface area contributed by atoms with Gasteiger partial charge >= 0.3 is 0 Å². The third kappa shape index (κ3) is 3.61. The molecule has 0 aliphatic carbocycles. The first-order chi connectivity index (χ1) is 9.60. The van der Waals surface area contributed by atoms with E-state index < -0.39 is 0 Å². The van der Waals surface area contributed by atoms with Gasteiger partial charge in [-0.1, -0.05) is 30.7 Å². The molecule has 1 amide bonds. The molecule has 0 saturated heterocycles. The summed E-state index contributed by atoms with van der Waals surface area (Å²) in [6.45, 7) is 4.16. The summed E-state index contributed by atoms with van der Waals surface area (Å²) in [6, 6.07) is 9.35. The second kappa shape index (κ2) is 6.57. The topological polar surface area (TPSA) is 46.9 Å². The van der Waals surface area contributed by atoms with Gasteiger partial charge in [-0.3, -0.25) is 4.79 Å². The van der Waals surface area contributed by atoms with Crippen molar-refractivity contribution in [3.05, 3.63) is 47.1 Å². The zero-order valence-electron chi connectivity index (χ0n) is 11.6. The molecule has 1 aromatic heterocycles. The average Bonchev–Trinajstić information content (AvgIpc) is 2.88. The molecule has 1 aromatic carbocycles. The smallest absolute Gasteiger partial charge is 0.229 e. The molecule has 20 heavy (non-hydrogen) atoms. The van der Waals surface area contributed by atoms with Gasteiger partial charge in [0.1, 0.15) is 5.82 Å². The van der Waals surface area contributed by atoms with E-state index >= 15 is 0 Å². The Kier molecular flexibility index (Phi) is 4.79. The third-order valence-electron chi connectivity index (χ3n) is 3.22. The number of amides is 1. The van der Waals surface area contributed by atoms with Crippen LogP contribution in [0.3, 0.4) is 0 Å².